The van der Waals surface area contributed by atoms with Crippen LogP contribution in [0.5, 0.6) is 0 Å². The number of carbonyl (C=O) groups is 1. The Hall–Kier alpha value is -1.63. The van der Waals surface area contributed by atoms with Crippen molar-refractivity contribution >= 4 is 23.7 Å². The largest absolute Gasteiger partial charge is 0.383 e. The first-order valence-corrected chi connectivity index (χ1v) is 3.93. The molecule has 1 rings (SSSR count). The summed E-state index contributed by atoms with van der Waals surface area (Å²) in [6.07, 6.45) is -2.84. The van der Waals surface area contributed by atoms with E-state index in [1.807, 2.05) is 0 Å². The summed E-state index contributed by atoms with van der Waals surface area (Å²) in [4.78, 5) is 22.8. The predicted octanol–water partition coefficient (Wildman–Crippen LogP) is 2.39. The van der Waals surface area contributed by atoms with E-state index in [1.165, 1.54) is 0 Å². The van der Waals surface area contributed by atoms with Gasteiger partial charge in [0.15, 0.2) is 6.29 Å². The number of rotatable bonds is 3. The van der Waals surface area contributed by atoms with E-state index < -0.39 is 27.9 Å². The second-order valence-electron chi connectivity index (χ2n) is 2.45. The van der Waals surface area contributed by atoms with Crippen LogP contribution in [0.2, 0.25) is 5.02 Å². The van der Waals surface area contributed by atoms with Gasteiger partial charge >= 0.3 is 12.2 Å². The molecule has 80 valence electrons. The Labute approximate surface area is 86.8 Å². The fourth-order valence-corrected chi connectivity index (χ4v) is 1.08. The van der Waals surface area contributed by atoms with Crippen molar-refractivity contribution in [1.29, 1.82) is 0 Å². The third-order valence-corrected chi connectivity index (χ3v) is 1.90. The number of aromatic nitrogens is 1. The van der Waals surface area contributed by atoms with Crippen molar-refractivity contribution < 1.29 is 18.5 Å². The SMILES string of the molecule is O=Cc1cc(C(F)F)nc([N+](=O)[O-])c1Cl. The van der Waals surface area contributed by atoms with Crippen LogP contribution in [0, 0.1) is 10.1 Å². The minimum atomic E-state index is -3.00. The van der Waals surface area contributed by atoms with E-state index in [-0.39, 0.29) is 11.8 Å². The second-order valence-corrected chi connectivity index (χ2v) is 2.83. The van der Waals surface area contributed by atoms with Gasteiger partial charge in [-0.3, -0.25) is 4.79 Å². The molecule has 0 fully saturated rings. The van der Waals surface area contributed by atoms with E-state index in [2.05, 4.69) is 4.98 Å². The third-order valence-electron chi connectivity index (χ3n) is 1.51. The summed E-state index contributed by atoms with van der Waals surface area (Å²) in [5.74, 6) is -0.948. The normalized spacial score (nSPS) is 10.4. The molecule has 0 unspecified atom stereocenters. The lowest BCUT2D eigenvalue weighted by Gasteiger charge is -2.00. The number of halogens is 3. The molecule has 15 heavy (non-hydrogen) atoms. The molecule has 0 N–H and O–H groups in total. The number of hydrogen-bond acceptors (Lipinski definition) is 4. The zero-order chi connectivity index (χ0) is 11.6. The highest BCUT2D eigenvalue weighted by molar-refractivity contribution is 6.34. The zero-order valence-electron chi connectivity index (χ0n) is 6.99. The number of hydrogen-bond donors (Lipinski definition) is 0. The summed E-state index contributed by atoms with van der Waals surface area (Å²) in [7, 11) is 0. The number of nitro groups is 1. The fourth-order valence-electron chi connectivity index (χ4n) is 0.874. The lowest BCUT2D eigenvalue weighted by atomic mass is 10.2. The summed E-state index contributed by atoms with van der Waals surface area (Å²) in [5, 5.41) is 9.82. The Morgan fingerprint density at radius 3 is 2.60 bits per heavy atom. The molecule has 1 heterocycles. The number of carbonyl (C=O) groups excluding carboxylic acids is 1. The highest BCUT2D eigenvalue weighted by Gasteiger charge is 2.25. The molecular formula is C7H3ClF2N2O3. The first-order valence-electron chi connectivity index (χ1n) is 3.55. The first kappa shape index (κ1) is 11.4. The molecule has 1 aromatic heterocycles. The Morgan fingerprint density at radius 2 is 2.20 bits per heavy atom. The maximum atomic E-state index is 12.2. The molecule has 8 heteroatoms. The van der Waals surface area contributed by atoms with Gasteiger partial charge in [-0.05, 0) is 9.91 Å². The molecule has 0 aliphatic carbocycles. The molecule has 0 atom stereocenters. The summed E-state index contributed by atoms with van der Waals surface area (Å²) in [6.45, 7) is 0. The Balaban J connectivity index is 3.45. The molecule has 0 amide bonds. The molecule has 0 saturated carbocycles. The summed E-state index contributed by atoms with van der Waals surface area (Å²) >= 11 is 5.40. The molecule has 0 radical (unpaired) electrons. The molecule has 5 nitrogen and oxygen atoms in total. The highest BCUT2D eigenvalue weighted by Crippen LogP contribution is 2.29. The van der Waals surface area contributed by atoms with Crippen molar-refractivity contribution in [2.75, 3.05) is 0 Å². The molecule has 0 aliphatic rings. The zero-order valence-corrected chi connectivity index (χ0v) is 7.74. The standard InChI is InChI=1S/C7H3ClF2N2O3/c8-5-3(2-13)1-4(6(9)10)11-7(5)12(14)15/h1-2,6H. The number of aldehydes is 1. The van der Waals surface area contributed by atoms with Gasteiger partial charge < -0.3 is 10.1 Å². The minimum absolute atomic E-state index is 0.156. The van der Waals surface area contributed by atoms with Crippen LogP contribution in [0.15, 0.2) is 6.07 Å². The third kappa shape index (κ3) is 2.24. The van der Waals surface area contributed by atoms with Crippen LogP contribution < -0.4 is 0 Å². The average Bonchev–Trinajstić information content (AvgIpc) is 2.17. The average molecular weight is 237 g/mol. The van der Waals surface area contributed by atoms with E-state index in [9.17, 15) is 23.7 Å². The maximum Gasteiger partial charge on any atom is 0.383 e. The molecule has 0 aliphatic heterocycles. The van der Waals surface area contributed by atoms with Crippen molar-refractivity contribution in [2.45, 2.75) is 6.43 Å². The monoisotopic (exact) mass is 236 g/mol. The van der Waals surface area contributed by atoms with Crippen LogP contribution >= 0.6 is 11.6 Å². The maximum absolute atomic E-state index is 12.2. The second kappa shape index (κ2) is 4.26. The Kier molecular flexibility index (Phi) is 3.25. The Morgan fingerprint density at radius 1 is 1.60 bits per heavy atom. The lowest BCUT2D eigenvalue weighted by Crippen LogP contribution is -2.01. The molecular weight excluding hydrogens is 234 g/mol. The van der Waals surface area contributed by atoms with Gasteiger partial charge in [-0.2, -0.15) is 0 Å². The van der Waals surface area contributed by atoms with Crippen molar-refractivity contribution in [3.8, 4) is 0 Å². The molecule has 0 saturated heterocycles. The van der Waals surface area contributed by atoms with Gasteiger partial charge in [0.1, 0.15) is 5.02 Å². The van der Waals surface area contributed by atoms with Gasteiger partial charge in [-0.25, -0.2) is 8.78 Å². The predicted molar refractivity (Wildman–Crippen MR) is 46.2 cm³/mol. The van der Waals surface area contributed by atoms with Gasteiger partial charge in [0.05, 0.1) is 0 Å². The number of pyridine rings is 1. The van der Waals surface area contributed by atoms with Crippen LogP contribution in [-0.2, 0) is 0 Å². The topological polar surface area (TPSA) is 73.1 Å². The Bertz CT molecular complexity index is 425. The van der Waals surface area contributed by atoms with Gasteiger partial charge in [-0.15, -0.1) is 0 Å². The lowest BCUT2D eigenvalue weighted by molar-refractivity contribution is -0.389. The van der Waals surface area contributed by atoms with E-state index in [0.717, 1.165) is 0 Å². The molecule has 0 aromatic carbocycles. The van der Waals surface area contributed by atoms with Crippen LogP contribution in [0.25, 0.3) is 0 Å². The van der Waals surface area contributed by atoms with Crippen LogP contribution in [0.3, 0.4) is 0 Å². The molecule has 0 bridgehead atoms. The van der Waals surface area contributed by atoms with Crippen molar-refractivity contribution in [3.63, 3.8) is 0 Å². The van der Waals surface area contributed by atoms with Crippen molar-refractivity contribution in [1.82, 2.24) is 4.98 Å². The first-order chi connectivity index (χ1) is 6.97. The number of nitrogens with zero attached hydrogens (tertiary/aromatic N) is 2. The molecule has 1 aromatic rings. The highest BCUT2D eigenvalue weighted by atomic mass is 35.5. The van der Waals surface area contributed by atoms with Gasteiger partial charge in [0.25, 0.3) is 0 Å². The van der Waals surface area contributed by atoms with Crippen LogP contribution in [-0.4, -0.2) is 16.2 Å². The summed E-state index contributed by atoms with van der Waals surface area (Å²) in [5.41, 5.74) is -1.23. The smallest absolute Gasteiger partial charge is 0.358 e. The summed E-state index contributed by atoms with van der Waals surface area (Å²) in [6, 6.07) is 0.715. The van der Waals surface area contributed by atoms with Gasteiger partial charge in [0, 0.05) is 11.6 Å². The van der Waals surface area contributed by atoms with Gasteiger partial charge in [-0.1, -0.05) is 11.6 Å². The van der Waals surface area contributed by atoms with Crippen LogP contribution in [0.1, 0.15) is 22.5 Å². The van der Waals surface area contributed by atoms with Crippen LogP contribution in [0.4, 0.5) is 14.6 Å². The van der Waals surface area contributed by atoms with Crippen molar-refractivity contribution in [2.24, 2.45) is 0 Å². The number of alkyl halides is 2. The molecule has 0 spiro atoms. The van der Waals surface area contributed by atoms with E-state index in [4.69, 9.17) is 11.6 Å². The van der Waals surface area contributed by atoms with Gasteiger partial charge in [0.2, 0.25) is 5.69 Å². The van der Waals surface area contributed by atoms with E-state index >= 15 is 0 Å². The van der Waals surface area contributed by atoms with Crippen molar-refractivity contribution in [3.05, 3.63) is 32.5 Å². The quantitative estimate of drug-likeness (QED) is 0.459. The summed E-state index contributed by atoms with van der Waals surface area (Å²) < 4.78 is 24.4. The van der Waals surface area contributed by atoms with E-state index in [1.54, 1.807) is 0 Å². The van der Waals surface area contributed by atoms with E-state index in [0.29, 0.717) is 6.07 Å². The minimum Gasteiger partial charge on any atom is -0.358 e. The fraction of sp³-hybridized carbons (Fsp3) is 0.143.